The van der Waals surface area contributed by atoms with Gasteiger partial charge in [-0.2, -0.15) is 0 Å². The van der Waals surface area contributed by atoms with E-state index in [1.807, 2.05) is 97.1 Å². The van der Waals surface area contributed by atoms with Crippen LogP contribution in [-0.2, 0) is 4.79 Å². The molecular weight excluding hydrogens is 567 g/mol. The van der Waals surface area contributed by atoms with Gasteiger partial charge >= 0.3 is 0 Å². The molecule has 0 aromatic heterocycles. The zero-order valence-corrected chi connectivity index (χ0v) is 25.5. The summed E-state index contributed by atoms with van der Waals surface area (Å²) in [6.07, 6.45) is 1.37. The Balaban J connectivity index is 1.38. The number of carbonyl (C=O) groups is 2. The number of fused-ring (bicyclic) bond motifs is 1. The molecule has 0 saturated carbocycles. The van der Waals surface area contributed by atoms with Crippen LogP contribution in [-0.4, -0.2) is 60.2 Å². The van der Waals surface area contributed by atoms with Gasteiger partial charge in [-0.1, -0.05) is 91.0 Å². The van der Waals surface area contributed by atoms with Crippen LogP contribution >= 0.6 is 0 Å². The van der Waals surface area contributed by atoms with E-state index in [0.29, 0.717) is 31.4 Å². The van der Waals surface area contributed by atoms with Crippen molar-refractivity contribution in [1.82, 2.24) is 15.5 Å². The average molecular weight is 609 g/mol. The minimum atomic E-state index is -2.05. The molecular formula is C36H41FN6O2. The summed E-state index contributed by atoms with van der Waals surface area (Å²) in [5.41, 5.74) is 13.1. The van der Waals surface area contributed by atoms with Gasteiger partial charge in [0.25, 0.3) is 5.91 Å². The van der Waals surface area contributed by atoms with Crippen LogP contribution in [0.15, 0.2) is 108 Å². The molecule has 6 N–H and O–H groups in total. The monoisotopic (exact) mass is 608 g/mol. The Bertz CT molecular complexity index is 1590. The van der Waals surface area contributed by atoms with Crippen molar-refractivity contribution >= 4 is 28.5 Å². The molecule has 1 aliphatic heterocycles. The second-order valence-corrected chi connectivity index (χ2v) is 11.7. The van der Waals surface area contributed by atoms with Gasteiger partial charge in [-0.25, -0.2) is 4.39 Å². The summed E-state index contributed by atoms with van der Waals surface area (Å²) in [6.45, 7) is 2.30. The van der Waals surface area contributed by atoms with Crippen LogP contribution in [0.4, 0.5) is 4.39 Å². The quantitative estimate of drug-likeness (QED) is 0.0850. The number of hydrogen-bond acceptors (Lipinski definition) is 4. The van der Waals surface area contributed by atoms with E-state index in [0.717, 1.165) is 21.9 Å². The van der Waals surface area contributed by atoms with Gasteiger partial charge in [0.15, 0.2) is 11.8 Å². The van der Waals surface area contributed by atoms with Crippen LogP contribution in [0.3, 0.4) is 0 Å². The van der Waals surface area contributed by atoms with Gasteiger partial charge in [0.05, 0.1) is 12.0 Å². The first kappa shape index (κ1) is 31.7. The molecule has 45 heavy (non-hydrogen) atoms. The third-order valence-corrected chi connectivity index (χ3v) is 8.49. The van der Waals surface area contributed by atoms with Crippen molar-refractivity contribution < 1.29 is 14.0 Å². The first-order valence-corrected chi connectivity index (χ1v) is 15.4. The number of nitrogens with zero attached hydrogens (tertiary/aromatic N) is 2. The number of aliphatic imine (C=N–C) groups is 1. The van der Waals surface area contributed by atoms with Crippen molar-refractivity contribution in [2.75, 3.05) is 19.6 Å². The van der Waals surface area contributed by atoms with Gasteiger partial charge in [-0.15, -0.1) is 0 Å². The van der Waals surface area contributed by atoms with E-state index in [1.54, 1.807) is 6.07 Å². The maximum absolute atomic E-state index is 17.5. The highest BCUT2D eigenvalue weighted by atomic mass is 19.1. The summed E-state index contributed by atoms with van der Waals surface area (Å²) in [7, 11) is 0. The molecule has 0 radical (unpaired) electrons. The Morgan fingerprint density at radius 3 is 2.24 bits per heavy atom. The van der Waals surface area contributed by atoms with Crippen molar-refractivity contribution in [2.24, 2.45) is 16.5 Å². The SMILES string of the molecule is C[C@@](F)(C(c1ccccc1)c1ccccc1)N1CC[C@H](CNC(=O)c2ccc3ccccc3c2)N[C@H](CCCN=C(N)N)C1=O. The summed E-state index contributed by atoms with van der Waals surface area (Å²) < 4.78 is 17.5. The molecule has 1 heterocycles. The minimum absolute atomic E-state index is 0.0176. The Morgan fingerprint density at radius 2 is 1.60 bits per heavy atom. The summed E-state index contributed by atoms with van der Waals surface area (Å²) in [5, 5.41) is 8.49. The second-order valence-electron chi connectivity index (χ2n) is 11.7. The lowest BCUT2D eigenvalue weighted by atomic mass is 9.83. The molecule has 9 heteroatoms. The molecule has 0 spiro atoms. The largest absolute Gasteiger partial charge is 0.370 e. The van der Waals surface area contributed by atoms with E-state index < -0.39 is 17.8 Å². The van der Waals surface area contributed by atoms with Crippen molar-refractivity contribution in [3.8, 4) is 0 Å². The molecule has 3 atom stereocenters. The maximum atomic E-state index is 17.5. The van der Waals surface area contributed by atoms with Crippen LogP contribution in [0.1, 0.15) is 53.6 Å². The highest BCUT2D eigenvalue weighted by molar-refractivity contribution is 5.98. The van der Waals surface area contributed by atoms with E-state index in [-0.39, 0.29) is 36.9 Å². The van der Waals surface area contributed by atoms with E-state index in [2.05, 4.69) is 15.6 Å². The van der Waals surface area contributed by atoms with E-state index >= 15 is 4.39 Å². The van der Waals surface area contributed by atoms with Gasteiger partial charge in [0.1, 0.15) is 0 Å². The minimum Gasteiger partial charge on any atom is -0.370 e. The van der Waals surface area contributed by atoms with Crippen LogP contribution in [0.25, 0.3) is 10.8 Å². The van der Waals surface area contributed by atoms with Crippen molar-refractivity contribution in [1.29, 1.82) is 0 Å². The Labute approximate surface area is 263 Å². The molecule has 4 aromatic rings. The fourth-order valence-electron chi connectivity index (χ4n) is 6.22. The van der Waals surface area contributed by atoms with Gasteiger partial charge < -0.3 is 27.0 Å². The van der Waals surface area contributed by atoms with Crippen LogP contribution in [0.5, 0.6) is 0 Å². The number of guanidine groups is 1. The zero-order valence-electron chi connectivity index (χ0n) is 25.5. The Morgan fingerprint density at radius 1 is 0.978 bits per heavy atom. The van der Waals surface area contributed by atoms with Gasteiger partial charge in [-0.3, -0.25) is 14.6 Å². The maximum Gasteiger partial charge on any atom is 0.251 e. The number of nitrogens with two attached hydrogens (primary N) is 2. The Kier molecular flexibility index (Phi) is 10.1. The predicted molar refractivity (Wildman–Crippen MR) is 177 cm³/mol. The summed E-state index contributed by atoms with van der Waals surface area (Å²) in [5.74, 6) is -3.32. The Hall–Kier alpha value is -4.76. The molecule has 8 nitrogen and oxygen atoms in total. The van der Waals surface area contributed by atoms with Gasteiger partial charge in [0, 0.05) is 31.2 Å². The number of carbonyl (C=O) groups excluding carboxylic acids is 2. The molecule has 1 saturated heterocycles. The number of alkyl halides is 1. The lowest BCUT2D eigenvalue weighted by Crippen LogP contribution is -2.55. The number of nitrogens with one attached hydrogen (secondary N) is 2. The highest BCUT2D eigenvalue weighted by Crippen LogP contribution is 2.41. The molecule has 5 rings (SSSR count). The number of benzene rings is 4. The summed E-state index contributed by atoms with van der Waals surface area (Å²) in [6, 6.07) is 31.4. The molecule has 0 aliphatic carbocycles. The lowest BCUT2D eigenvalue weighted by Gasteiger charge is -2.41. The van der Waals surface area contributed by atoms with Crippen LogP contribution in [0.2, 0.25) is 0 Å². The smallest absolute Gasteiger partial charge is 0.251 e. The van der Waals surface area contributed by atoms with Gasteiger partial charge in [0.2, 0.25) is 5.91 Å². The molecule has 234 valence electrons. The fraction of sp³-hybridized carbons (Fsp3) is 0.306. The van der Waals surface area contributed by atoms with E-state index in [4.69, 9.17) is 11.5 Å². The van der Waals surface area contributed by atoms with Crippen molar-refractivity contribution in [3.63, 3.8) is 0 Å². The molecule has 2 amide bonds. The summed E-state index contributed by atoms with van der Waals surface area (Å²) in [4.78, 5) is 32.7. The first-order chi connectivity index (χ1) is 21.7. The molecule has 4 aromatic carbocycles. The molecule has 1 fully saturated rings. The van der Waals surface area contributed by atoms with Gasteiger partial charge in [-0.05, 0) is 60.2 Å². The van der Waals surface area contributed by atoms with E-state index in [1.165, 1.54) is 11.8 Å². The van der Waals surface area contributed by atoms with Crippen molar-refractivity contribution in [2.45, 2.75) is 50.0 Å². The fourth-order valence-corrected chi connectivity index (χ4v) is 6.22. The average Bonchev–Trinajstić information content (AvgIpc) is 3.21. The van der Waals surface area contributed by atoms with Crippen LogP contribution < -0.4 is 22.1 Å². The number of rotatable bonds is 11. The number of hydrogen-bond donors (Lipinski definition) is 4. The summed E-state index contributed by atoms with van der Waals surface area (Å²) >= 11 is 0. The molecule has 0 bridgehead atoms. The standard InChI is InChI=1S/C36H41FN6O2/c1-36(37,32(26-12-4-2-5-13-26)27-14-6-3-7-15-27)43-22-20-30(42-31(34(43)45)17-10-21-40-35(38)39)24-41-33(44)29-19-18-25-11-8-9-16-28(25)23-29/h2-9,11-16,18-19,23,30-32,42H,10,17,20-22,24H2,1H3,(H,41,44)(H4,38,39,40)/t30-,31-,36+/m1/s1. The predicted octanol–water partition coefficient (Wildman–Crippen LogP) is 4.70. The third kappa shape index (κ3) is 7.67. The zero-order chi connectivity index (χ0) is 31.8. The van der Waals surface area contributed by atoms with Crippen LogP contribution in [0, 0.1) is 0 Å². The molecule has 0 unspecified atom stereocenters. The number of halogens is 1. The second kappa shape index (κ2) is 14.3. The topological polar surface area (TPSA) is 126 Å². The highest BCUT2D eigenvalue weighted by Gasteiger charge is 2.47. The lowest BCUT2D eigenvalue weighted by molar-refractivity contribution is -0.148. The third-order valence-electron chi connectivity index (χ3n) is 8.49. The normalized spacial score (nSPS) is 18.3. The number of amides is 2. The van der Waals surface area contributed by atoms with E-state index in [9.17, 15) is 9.59 Å². The van der Waals surface area contributed by atoms with Crippen molar-refractivity contribution in [3.05, 3.63) is 120 Å². The molecule has 1 aliphatic rings. The first-order valence-electron chi connectivity index (χ1n) is 15.4.